The molecule has 2 heterocycles. The van der Waals surface area contributed by atoms with Crippen molar-refractivity contribution in [2.45, 2.75) is 0 Å². The Morgan fingerprint density at radius 2 is 2.16 bits per heavy atom. The van der Waals surface area contributed by atoms with Crippen molar-refractivity contribution < 1.29 is 9.34 Å². The maximum absolute atomic E-state index is 10.9. The summed E-state index contributed by atoms with van der Waals surface area (Å²) >= 11 is 0. The molecular weight excluding hydrogens is 246 g/mol. The molecule has 0 radical (unpaired) electrons. The van der Waals surface area contributed by atoms with Crippen molar-refractivity contribution in [3.63, 3.8) is 0 Å². The highest BCUT2D eigenvalue weighted by atomic mass is 16.6. The van der Waals surface area contributed by atoms with Crippen molar-refractivity contribution in [2.75, 3.05) is 5.32 Å². The van der Waals surface area contributed by atoms with Crippen molar-refractivity contribution in [3.8, 4) is 0 Å². The van der Waals surface area contributed by atoms with E-state index < -0.39 is 4.92 Å². The Bertz CT molecular complexity index is 737. The van der Waals surface area contributed by atoms with Gasteiger partial charge < -0.3 is 9.73 Å². The lowest BCUT2D eigenvalue weighted by atomic mass is 10.2. The van der Waals surface area contributed by atoms with E-state index >= 15 is 0 Å². The number of nitro benzene ring substituents is 1. The summed E-state index contributed by atoms with van der Waals surface area (Å²) in [6.45, 7) is 0. The molecule has 0 bridgehead atoms. The number of nitro groups is 1. The molecule has 0 aliphatic carbocycles. The van der Waals surface area contributed by atoms with E-state index in [0.717, 1.165) is 0 Å². The van der Waals surface area contributed by atoms with Gasteiger partial charge in [-0.05, 0) is 18.2 Å². The standard InChI is InChI=1S/C13H9N3O3/c17-16(18)10-7-9-4-6-19-13(9)11(8-10)15-12-3-1-2-5-14-12/h1-8H,(H,14,15). The van der Waals surface area contributed by atoms with Gasteiger partial charge in [-0.15, -0.1) is 0 Å². The molecule has 3 aromatic rings. The fourth-order valence-electron chi connectivity index (χ4n) is 1.84. The van der Waals surface area contributed by atoms with Gasteiger partial charge in [-0.3, -0.25) is 10.1 Å². The molecule has 0 saturated heterocycles. The Labute approximate surface area is 107 Å². The van der Waals surface area contributed by atoms with E-state index in [1.807, 2.05) is 6.07 Å². The minimum absolute atomic E-state index is 0.00679. The zero-order valence-electron chi connectivity index (χ0n) is 9.74. The first-order chi connectivity index (χ1) is 9.24. The van der Waals surface area contributed by atoms with Crippen LogP contribution < -0.4 is 5.32 Å². The molecule has 1 aromatic carbocycles. The van der Waals surface area contributed by atoms with Gasteiger partial charge in [0.15, 0.2) is 5.58 Å². The van der Waals surface area contributed by atoms with E-state index in [0.29, 0.717) is 22.5 Å². The Balaban J connectivity index is 2.11. The zero-order chi connectivity index (χ0) is 13.2. The highest BCUT2D eigenvalue weighted by molar-refractivity contribution is 5.92. The van der Waals surface area contributed by atoms with E-state index in [2.05, 4.69) is 10.3 Å². The van der Waals surface area contributed by atoms with Crippen molar-refractivity contribution in [2.24, 2.45) is 0 Å². The summed E-state index contributed by atoms with van der Waals surface area (Å²) in [5.74, 6) is 0.598. The third-order valence-corrected chi connectivity index (χ3v) is 2.67. The molecule has 6 nitrogen and oxygen atoms in total. The molecule has 0 spiro atoms. The number of nitrogens with zero attached hydrogens (tertiary/aromatic N) is 2. The number of aromatic nitrogens is 1. The number of rotatable bonds is 3. The van der Waals surface area contributed by atoms with Gasteiger partial charge in [-0.2, -0.15) is 0 Å². The Hall–Kier alpha value is -2.89. The van der Waals surface area contributed by atoms with Gasteiger partial charge in [0.05, 0.1) is 16.9 Å². The lowest BCUT2D eigenvalue weighted by molar-refractivity contribution is -0.384. The Morgan fingerprint density at radius 3 is 2.89 bits per heavy atom. The lowest BCUT2D eigenvalue weighted by Gasteiger charge is -2.05. The molecule has 6 heteroatoms. The summed E-state index contributed by atoms with van der Waals surface area (Å²) in [6.07, 6.45) is 3.14. The molecule has 0 aliphatic heterocycles. The van der Waals surface area contributed by atoms with Crippen LogP contribution in [0, 0.1) is 10.1 Å². The van der Waals surface area contributed by atoms with Crippen LogP contribution in [0.1, 0.15) is 0 Å². The molecule has 0 unspecified atom stereocenters. The van der Waals surface area contributed by atoms with Crippen LogP contribution in [0.15, 0.2) is 53.3 Å². The second-order valence-electron chi connectivity index (χ2n) is 3.93. The lowest BCUT2D eigenvalue weighted by Crippen LogP contribution is -1.95. The molecule has 0 aliphatic rings. The Morgan fingerprint density at radius 1 is 1.26 bits per heavy atom. The molecule has 0 fully saturated rings. The van der Waals surface area contributed by atoms with Crippen molar-refractivity contribution in [3.05, 3.63) is 59.0 Å². The summed E-state index contributed by atoms with van der Waals surface area (Å²) in [6, 6.07) is 9.98. The van der Waals surface area contributed by atoms with Crippen LogP contribution in [0.3, 0.4) is 0 Å². The SMILES string of the molecule is O=[N+]([O-])c1cc(Nc2ccccn2)c2occc2c1. The van der Waals surface area contributed by atoms with Gasteiger partial charge in [0, 0.05) is 23.7 Å². The molecule has 2 aromatic heterocycles. The highest BCUT2D eigenvalue weighted by Gasteiger charge is 2.14. The second-order valence-corrected chi connectivity index (χ2v) is 3.93. The van der Waals surface area contributed by atoms with Crippen molar-refractivity contribution >= 4 is 28.2 Å². The van der Waals surface area contributed by atoms with Crippen molar-refractivity contribution in [1.29, 1.82) is 0 Å². The minimum atomic E-state index is -0.434. The zero-order valence-corrected chi connectivity index (χ0v) is 9.74. The number of hydrogen-bond acceptors (Lipinski definition) is 5. The van der Waals surface area contributed by atoms with Gasteiger partial charge >= 0.3 is 0 Å². The number of furan rings is 1. The number of non-ortho nitro benzene ring substituents is 1. The maximum atomic E-state index is 10.9. The van der Waals surface area contributed by atoms with E-state index in [1.165, 1.54) is 18.4 Å². The molecule has 0 saturated carbocycles. The first-order valence-electron chi connectivity index (χ1n) is 5.58. The molecular formula is C13H9N3O3. The van der Waals surface area contributed by atoms with E-state index in [-0.39, 0.29) is 5.69 Å². The highest BCUT2D eigenvalue weighted by Crippen LogP contribution is 2.31. The fraction of sp³-hybridized carbons (Fsp3) is 0. The largest absolute Gasteiger partial charge is 0.462 e. The van der Waals surface area contributed by atoms with Crippen molar-refractivity contribution in [1.82, 2.24) is 4.98 Å². The van der Waals surface area contributed by atoms with Gasteiger partial charge in [0.2, 0.25) is 0 Å². The summed E-state index contributed by atoms with van der Waals surface area (Å²) in [5, 5.41) is 14.6. The van der Waals surface area contributed by atoms with Gasteiger partial charge in [-0.25, -0.2) is 4.98 Å². The monoisotopic (exact) mass is 255 g/mol. The number of hydrogen-bond donors (Lipinski definition) is 1. The summed E-state index contributed by atoms with van der Waals surface area (Å²) in [5.41, 5.74) is 1.09. The quantitative estimate of drug-likeness (QED) is 0.572. The summed E-state index contributed by atoms with van der Waals surface area (Å²) < 4.78 is 5.34. The van der Waals surface area contributed by atoms with E-state index in [4.69, 9.17) is 4.42 Å². The van der Waals surface area contributed by atoms with E-state index in [1.54, 1.807) is 24.4 Å². The maximum Gasteiger partial charge on any atom is 0.272 e. The van der Waals surface area contributed by atoms with Crippen LogP contribution in [-0.2, 0) is 0 Å². The number of anilines is 2. The number of fused-ring (bicyclic) bond motifs is 1. The average molecular weight is 255 g/mol. The molecule has 0 atom stereocenters. The first kappa shape index (κ1) is 11.2. The van der Waals surface area contributed by atoms with Crippen LogP contribution in [0.5, 0.6) is 0 Å². The van der Waals surface area contributed by atoms with Crippen LogP contribution in [0.4, 0.5) is 17.2 Å². The Kier molecular flexibility index (Phi) is 2.60. The predicted octanol–water partition coefficient (Wildman–Crippen LogP) is 3.48. The number of pyridine rings is 1. The van der Waals surface area contributed by atoms with Crippen LogP contribution in [-0.4, -0.2) is 9.91 Å². The molecule has 19 heavy (non-hydrogen) atoms. The molecule has 94 valence electrons. The fourth-order valence-corrected chi connectivity index (χ4v) is 1.84. The molecule has 3 rings (SSSR count). The van der Waals surface area contributed by atoms with Crippen LogP contribution in [0.25, 0.3) is 11.0 Å². The van der Waals surface area contributed by atoms with Gasteiger partial charge in [0.1, 0.15) is 5.82 Å². The summed E-state index contributed by atoms with van der Waals surface area (Å²) in [7, 11) is 0. The molecule has 0 amide bonds. The third-order valence-electron chi connectivity index (χ3n) is 2.67. The van der Waals surface area contributed by atoms with Gasteiger partial charge in [-0.1, -0.05) is 6.07 Å². The third kappa shape index (κ3) is 2.11. The number of nitrogens with one attached hydrogen (secondary N) is 1. The minimum Gasteiger partial charge on any atom is -0.462 e. The van der Waals surface area contributed by atoms with Crippen LogP contribution in [0.2, 0.25) is 0 Å². The van der Waals surface area contributed by atoms with E-state index in [9.17, 15) is 10.1 Å². The van der Waals surface area contributed by atoms with Gasteiger partial charge in [0.25, 0.3) is 5.69 Å². The smallest absolute Gasteiger partial charge is 0.272 e. The topological polar surface area (TPSA) is 81.2 Å². The molecule has 1 N–H and O–H groups in total. The average Bonchev–Trinajstić information content (AvgIpc) is 2.88. The number of benzene rings is 1. The second kappa shape index (κ2) is 4.41. The summed E-state index contributed by atoms with van der Waals surface area (Å²) in [4.78, 5) is 14.6. The first-order valence-corrected chi connectivity index (χ1v) is 5.58. The normalized spacial score (nSPS) is 10.5. The predicted molar refractivity (Wildman–Crippen MR) is 70.4 cm³/mol. The van der Waals surface area contributed by atoms with Crippen LogP contribution >= 0.6 is 0 Å².